The third-order valence-electron chi connectivity index (χ3n) is 7.54. The Kier molecular flexibility index (Phi) is 9.71. The number of fused-ring (bicyclic) bond motifs is 1. The molecule has 0 bridgehead atoms. The monoisotopic (exact) mass is 524 g/mol. The number of hydrogen-bond acceptors (Lipinski definition) is 7. The maximum absolute atomic E-state index is 13.5. The highest BCUT2D eigenvalue weighted by molar-refractivity contribution is 5.98. The van der Waals surface area contributed by atoms with E-state index >= 15 is 0 Å². The molecule has 2 aromatic rings. The van der Waals surface area contributed by atoms with E-state index in [9.17, 15) is 9.59 Å². The summed E-state index contributed by atoms with van der Waals surface area (Å²) in [7, 11) is 3.48. The van der Waals surface area contributed by atoms with Crippen LogP contribution in [0.5, 0.6) is 5.75 Å². The van der Waals surface area contributed by atoms with Gasteiger partial charge in [-0.2, -0.15) is 0 Å². The molecule has 3 heterocycles. The molecule has 2 aliphatic heterocycles. The zero-order valence-electron chi connectivity index (χ0n) is 22.9. The molecule has 2 amide bonds. The van der Waals surface area contributed by atoms with Crippen molar-refractivity contribution in [1.82, 2.24) is 14.8 Å². The van der Waals surface area contributed by atoms with Crippen molar-refractivity contribution in [3.8, 4) is 5.75 Å². The summed E-state index contributed by atoms with van der Waals surface area (Å²) in [4.78, 5) is 34.6. The molecule has 9 nitrogen and oxygen atoms in total. The van der Waals surface area contributed by atoms with E-state index < -0.39 is 0 Å². The Morgan fingerprint density at radius 1 is 1.18 bits per heavy atom. The van der Waals surface area contributed by atoms with E-state index in [0.717, 1.165) is 18.7 Å². The minimum atomic E-state index is -0.142. The number of methoxy groups -OCH3 is 1. The number of pyridine rings is 1. The first-order valence-electron chi connectivity index (χ1n) is 13.4. The lowest BCUT2D eigenvalue weighted by Crippen LogP contribution is -2.46. The van der Waals surface area contributed by atoms with Crippen LogP contribution in [0.1, 0.15) is 42.6 Å². The van der Waals surface area contributed by atoms with Crippen LogP contribution in [0, 0.1) is 11.8 Å². The van der Waals surface area contributed by atoms with Gasteiger partial charge < -0.3 is 24.4 Å². The van der Waals surface area contributed by atoms with Gasteiger partial charge in [0.1, 0.15) is 12.4 Å². The Labute approximate surface area is 225 Å². The van der Waals surface area contributed by atoms with Crippen molar-refractivity contribution in [2.75, 3.05) is 52.4 Å². The maximum Gasteiger partial charge on any atom is 0.257 e. The van der Waals surface area contributed by atoms with Crippen LogP contribution in [0.4, 0.5) is 5.69 Å². The quantitative estimate of drug-likeness (QED) is 0.640. The number of likely N-dealkylation sites (N-methyl/N-ethyl adjacent to an activating group) is 1. The van der Waals surface area contributed by atoms with Gasteiger partial charge in [0.05, 0.1) is 11.7 Å². The van der Waals surface area contributed by atoms with Crippen LogP contribution in [-0.2, 0) is 20.8 Å². The lowest BCUT2D eigenvalue weighted by atomic mass is 9.99. The number of ether oxygens (including phenoxy) is 3. The van der Waals surface area contributed by atoms with Gasteiger partial charge in [-0.3, -0.25) is 19.5 Å². The summed E-state index contributed by atoms with van der Waals surface area (Å²) >= 11 is 0. The van der Waals surface area contributed by atoms with Crippen molar-refractivity contribution in [3.05, 3.63) is 53.9 Å². The smallest absolute Gasteiger partial charge is 0.257 e. The molecule has 9 heteroatoms. The first kappa shape index (κ1) is 28.0. The molecular weight excluding hydrogens is 484 g/mol. The van der Waals surface area contributed by atoms with Crippen molar-refractivity contribution in [2.24, 2.45) is 11.8 Å². The van der Waals surface area contributed by atoms with Crippen molar-refractivity contribution < 1.29 is 23.8 Å². The van der Waals surface area contributed by atoms with Gasteiger partial charge in [-0.1, -0.05) is 13.0 Å². The highest BCUT2D eigenvalue weighted by atomic mass is 16.5. The molecule has 2 aliphatic rings. The van der Waals surface area contributed by atoms with Crippen LogP contribution in [0.3, 0.4) is 0 Å². The zero-order valence-corrected chi connectivity index (χ0v) is 22.9. The number of nitrogens with one attached hydrogen (secondary N) is 1. The van der Waals surface area contributed by atoms with Crippen molar-refractivity contribution in [2.45, 2.75) is 45.4 Å². The molecule has 4 rings (SSSR count). The number of carbonyl (C=O) groups excluding carboxylic acids is 2. The average molecular weight is 525 g/mol. The largest absolute Gasteiger partial charge is 0.491 e. The van der Waals surface area contributed by atoms with Gasteiger partial charge in [0.15, 0.2) is 0 Å². The van der Waals surface area contributed by atoms with Gasteiger partial charge in [-0.25, -0.2) is 0 Å². The van der Waals surface area contributed by atoms with Crippen LogP contribution < -0.4 is 10.1 Å². The first-order chi connectivity index (χ1) is 18.4. The second-order valence-corrected chi connectivity index (χ2v) is 10.5. The summed E-state index contributed by atoms with van der Waals surface area (Å²) in [5.41, 5.74) is 2.20. The molecule has 0 aliphatic carbocycles. The highest BCUT2D eigenvalue weighted by Gasteiger charge is 2.29. The summed E-state index contributed by atoms with van der Waals surface area (Å²) in [6, 6.07) is 9.34. The number of amides is 2. The SMILES string of the molecule is CO[C@@H]1CN(C)C(=O)c2ccc(NC(=O)C3CCOCC3)cc2OC[C@@H](C)N(Cc2cccnc2)C[C@@H]1C. The van der Waals surface area contributed by atoms with E-state index in [4.69, 9.17) is 14.2 Å². The second kappa shape index (κ2) is 13.2. The molecule has 0 unspecified atom stereocenters. The van der Waals surface area contributed by atoms with Crippen molar-refractivity contribution >= 4 is 17.5 Å². The van der Waals surface area contributed by atoms with E-state index in [-0.39, 0.29) is 35.8 Å². The number of hydrogen-bond donors (Lipinski definition) is 1. The Bertz CT molecular complexity index is 1080. The molecule has 3 atom stereocenters. The van der Waals surface area contributed by atoms with Crippen molar-refractivity contribution in [3.63, 3.8) is 0 Å². The van der Waals surface area contributed by atoms with E-state index in [1.165, 1.54) is 0 Å². The normalized spacial score (nSPS) is 24.1. The van der Waals surface area contributed by atoms with E-state index in [0.29, 0.717) is 56.2 Å². The molecule has 0 radical (unpaired) electrons. The van der Waals surface area contributed by atoms with Gasteiger partial charge in [0.25, 0.3) is 5.91 Å². The Morgan fingerprint density at radius 3 is 2.68 bits per heavy atom. The number of nitrogens with zero attached hydrogens (tertiary/aromatic N) is 3. The molecule has 1 aromatic heterocycles. The molecule has 206 valence electrons. The Hall–Kier alpha value is -3.01. The van der Waals surface area contributed by atoms with Gasteiger partial charge in [0.2, 0.25) is 5.91 Å². The summed E-state index contributed by atoms with van der Waals surface area (Å²) in [5, 5.41) is 3.01. The first-order valence-corrected chi connectivity index (χ1v) is 13.4. The molecule has 1 fully saturated rings. The summed E-state index contributed by atoms with van der Waals surface area (Å²) < 4.78 is 17.5. The molecule has 38 heavy (non-hydrogen) atoms. The minimum absolute atomic E-state index is 0.0298. The van der Waals surface area contributed by atoms with E-state index in [1.54, 1.807) is 43.5 Å². The fourth-order valence-electron chi connectivity index (χ4n) is 5.08. The third kappa shape index (κ3) is 7.09. The van der Waals surface area contributed by atoms with E-state index in [1.807, 2.05) is 12.3 Å². The lowest BCUT2D eigenvalue weighted by molar-refractivity contribution is -0.122. The maximum atomic E-state index is 13.5. The number of benzene rings is 1. The van der Waals surface area contributed by atoms with Crippen LogP contribution in [-0.4, -0.2) is 85.8 Å². The summed E-state index contributed by atoms with van der Waals surface area (Å²) in [6.07, 6.45) is 4.95. The summed E-state index contributed by atoms with van der Waals surface area (Å²) in [6.45, 7) is 7.81. The second-order valence-electron chi connectivity index (χ2n) is 10.5. The predicted molar refractivity (Wildman–Crippen MR) is 145 cm³/mol. The van der Waals surface area contributed by atoms with Crippen molar-refractivity contribution in [1.29, 1.82) is 0 Å². The molecule has 1 N–H and O–H groups in total. The van der Waals surface area contributed by atoms with Gasteiger partial charge in [-0.15, -0.1) is 0 Å². The number of rotatable bonds is 5. The van der Waals surface area contributed by atoms with Gasteiger partial charge in [-0.05, 0) is 49.4 Å². The van der Waals surface area contributed by atoms with Crippen LogP contribution in [0.25, 0.3) is 0 Å². The Balaban J connectivity index is 1.59. The van der Waals surface area contributed by atoms with Crippen LogP contribution in [0.2, 0.25) is 0 Å². The fraction of sp³-hybridized carbons (Fsp3) is 0.552. The molecule has 1 aromatic carbocycles. The molecular formula is C29H40N4O5. The predicted octanol–water partition coefficient (Wildman–Crippen LogP) is 3.45. The van der Waals surface area contributed by atoms with Gasteiger partial charge >= 0.3 is 0 Å². The number of anilines is 1. The fourth-order valence-corrected chi connectivity index (χ4v) is 5.08. The topological polar surface area (TPSA) is 93.2 Å². The number of aromatic nitrogens is 1. The summed E-state index contributed by atoms with van der Waals surface area (Å²) in [5.74, 6) is 0.390. The molecule has 1 saturated heterocycles. The zero-order chi connectivity index (χ0) is 27.1. The van der Waals surface area contributed by atoms with Crippen LogP contribution >= 0.6 is 0 Å². The Morgan fingerprint density at radius 2 is 1.97 bits per heavy atom. The highest BCUT2D eigenvalue weighted by Crippen LogP contribution is 2.28. The number of carbonyl (C=O) groups is 2. The molecule has 0 spiro atoms. The van der Waals surface area contributed by atoms with Gasteiger partial charge in [0, 0.05) is 83.1 Å². The minimum Gasteiger partial charge on any atom is -0.491 e. The lowest BCUT2D eigenvalue weighted by Gasteiger charge is -2.36. The van der Waals surface area contributed by atoms with Crippen LogP contribution in [0.15, 0.2) is 42.7 Å². The standard InChI is InChI=1S/C29H40N4O5/c1-20-16-33(17-22-6-5-11-30-15-22)21(2)19-38-26-14-24(31-28(34)23-9-12-37-13-10-23)7-8-25(26)29(35)32(3)18-27(20)36-4/h5-8,11,14-15,20-21,23,27H,9-10,12-13,16-19H2,1-4H3,(H,31,34)/t20-,21+,27+/m0/s1. The van der Waals surface area contributed by atoms with E-state index in [2.05, 4.69) is 35.1 Å². The molecule has 0 saturated carbocycles. The average Bonchev–Trinajstić information content (AvgIpc) is 2.94. The third-order valence-corrected chi connectivity index (χ3v) is 7.54.